The Hall–Kier alpha value is -2.68. The first-order chi connectivity index (χ1) is 10.2. The van der Waals surface area contributed by atoms with Crippen LogP contribution < -0.4 is 5.32 Å². The first kappa shape index (κ1) is 13.3. The molecule has 0 radical (unpaired) electrons. The van der Waals surface area contributed by atoms with E-state index in [2.05, 4.69) is 10.3 Å². The molecule has 0 fully saturated rings. The van der Waals surface area contributed by atoms with E-state index in [1.807, 2.05) is 61.5 Å². The third-order valence-corrected chi connectivity index (χ3v) is 3.40. The summed E-state index contributed by atoms with van der Waals surface area (Å²) in [7, 11) is 0. The van der Waals surface area contributed by atoms with Gasteiger partial charge in [-0.2, -0.15) is 0 Å². The number of para-hydroxylation sites is 1. The van der Waals surface area contributed by atoms with Crippen molar-refractivity contribution in [2.75, 3.05) is 0 Å². The van der Waals surface area contributed by atoms with Crippen LogP contribution in [0.1, 0.15) is 21.6 Å². The lowest BCUT2D eigenvalue weighted by atomic mass is 10.1. The Balaban J connectivity index is 1.73. The van der Waals surface area contributed by atoms with E-state index in [0.717, 1.165) is 16.5 Å². The van der Waals surface area contributed by atoms with E-state index < -0.39 is 0 Å². The number of nitrogens with zero attached hydrogens (tertiary/aromatic N) is 1. The molecule has 1 aromatic heterocycles. The zero-order valence-electron chi connectivity index (χ0n) is 11.8. The molecule has 0 aliphatic carbocycles. The maximum atomic E-state index is 12.2. The van der Waals surface area contributed by atoms with Gasteiger partial charge in [0.1, 0.15) is 5.69 Å². The van der Waals surface area contributed by atoms with Crippen LogP contribution in [-0.4, -0.2) is 10.9 Å². The molecule has 0 aliphatic heterocycles. The molecule has 1 N–H and O–H groups in total. The standard InChI is InChI=1S/C18H16N2O/c1-13-6-8-14(9-7-13)12-19-18(21)17-11-10-15-4-2-3-5-16(15)20-17/h2-11H,12H2,1H3,(H,19,21). The van der Waals surface area contributed by atoms with Gasteiger partial charge in [-0.05, 0) is 24.6 Å². The summed E-state index contributed by atoms with van der Waals surface area (Å²) in [5, 5.41) is 3.93. The number of carbonyl (C=O) groups excluding carboxylic acids is 1. The summed E-state index contributed by atoms with van der Waals surface area (Å²) in [6.07, 6.45) is 0. The average Bonchev–Trinajstić information content (AvgIpc) is 2.53. The van der Waals surface area contributed by atoms with Gasteiger partial charge in [0.05, 0.1) is 5.52 Å². The molecule has 1 heterocycles. The molecule has 0 aliphatic rings. The van der Waals surface area contributed by atoms with Gasteiger partial charge >= 0.3 is 0 Å². The number of nitrogens with one attached hydrogen (secondary N) is 1. The SMILES string of the molecule is Cc1ccc(CNC(=O)c2ccc3ccccc3n2)cc1. The maximum Gasteiger partial charge on any atom is 0.270 e. The summed E-state index contributed by atoms with van der Waals surface area (Å²) in [6.45, 7) is 2.55. The number of aryl methyl sites for hydroxylation is 1. The molecule has 0 saturated heterocycles. The Morgan fingerprint density at radius 1 is 1.00 bits per heavy atom. The fourth-order valence-electron chi connectivity index (χ4n) is 2.17. The lowest BCUT2D eigenvalue weighted by Crippen LogP contribution is -2.23. The number of rotatable bonds is 3. The second-order valence-electron chi connectivity index (χ2n) is 5.06. The molecular formula is C18H16N2O. The largest absolute Gasteiger partial charge is 0.347 e. The third kappa shape index (κ3) is 3.08. The molecule has 0 bridgehead atoms. The van der Waals surface area contributed by atoms with E-state index in [-0.39, 0.29) is 5.91 Å². The molecule has 1 amide bonds. The van der Waals surface area contributed by atoms with Gasteiger partial charge in [0.2, 0.25) is 0 Å². The van der Waals surface area contributed by atoms with Crippen LogP contribution in [0.5, 0.6) is 0 Å². The van der Waals surface area contributed by atoms with Gasteiger partial charge in [0.25, 0.3) is 5.91 Å². The second-order valence-corrected chi connectivity index (χ2v) is 5.06. The lowest BCUT2D eigenvalue weighted by Gasteiger charge is -2.06. The summed E-state index contributed by atoms with van der Waals surface area (Å²) < 4.78 is 0. The Bertz CT molecular complexity index is 779. The Morgan fingerprint density at radius 2 is 1.76 bits per heavy atom. The van der Waals surface area contributed by atoms with E-state index in [4.69, 9.17) is 0 Å². The number of carbonyl (C=O) groups is 1. The highest BCUT2D eigenvalue weighted by Crippen LogP contribution is 2.12. The summed E-state index contributed by atoms with van der Waals surface area (Å²) in [5.41, 5.74) is 3.57. The molecule has 0 saturated carbocycles. The number of amides is 1. The summed E-state index contributed by atoms with van der Waals surface area (Å²) in [5.74, 6) is -0.152. The Morgan fingerprint density at radius 3 is 2.57 bits per heavy atom. The van der Waals surface area contributed by atoms with Crippen LogP contribution in [0.2, 0.25) is 0 Å². The Labute approximate surface area is 123 Å². The van der Waals surface area contributed by atoms with Crippen molar-refractivity contribution >= 4 is 16.8 Å². The minimum atomic E-state index is -0.152. The van der Waals surface area contributed by atoms with Crippen LogP contribution >= 0.6 is 0 Å². The number of aromatic nitrogens is 1. The predicted molar refractivity (Wildman–Crippen MR) is 84.1 cm³/mol. The number of hydrogen-bond donors (Lipinski definition) is 1. The minimum Gasteiger partial charge on any atom is -0.347 e. The average molecular weight is 276 g/mol. The van der Waals surface area contributed by atoms with Crippen molar-refractivity contribution < 1.29 is 4.79 Å². The highest BCUT2D eigenvalue weighted by Gasteiger charge is 2.07. The first-order valence-corrected chi connectivity index (χ1v) is 6.92. The van der Waals surface area contributed by atoms with E-state index in [0.29, 0.717) is 12.2 Å². The van der Waals surface area contributed by atoms with Gasteiger partial charge in [0.15, 0.2) is 0 Å². The first-order valence-electron chi connectivity index (χ1n) is 6.92. The molecular weight excluding hydrogens is 260 g/mol. The molecule has 104 valence electrons. The van der Waals surface area contributed by atoms with Crippen LogP contribution in [0.25, 0.3) is 10.9 Å². The third-order valence-electron chi connectivity index (χ3n) is 3.40. The molecule has 0 unspecified atom stereocenters. The molecule has 0 spiro atoms. The second kappa shape index (κ2) is 5.75. The van der Waals surface area contributed by atoms with Crippen LogP contribution in [0, 0.1) is 6.92 Å². The van der Waals surface area contributed by atoms with Crippen molar-refractivity contribution in [3.05, 3.63) is 77.5 Å². The maximum absolute atomic E-state index is 12.2. The van der Waals surface area contributed by atoms with Crippen molar-refractivity contribution in [3.8, 4) is 0 Å². The zero-order valence-corrected chi connectivity index (χ0v) is 11.8. The molecule has 3 nitrogen and oxygen atoms in total. The zero-order chi connectivity index (χ0) is 14.7. The van der Waals surface area contributed by atoms with Gasteiger partial charge in [-0.15, -0.1) is 0 Å². The predicted octanol–water partition coefficient (Wildman–Crippen LogP) is 3.47. The molecule has 3 aromatic rings. The van der Waals surface area contributed by atoms with Gasteiger partial charge in [-0.25, -0.2) is 4.98 Å². The highest BCUT2D eigenvalue weighted by atomic mass is 16.1. The van der Waals surface area contributed by atoms with Crippen molar-refractivity contribution in [2.45, 2.75) is 13.5 Å². The summed E-state index contributed by atoms with van der Waals surface area (Å²) in [6, 6.07) is 19.6. The number of hydrogen-bond acceptors (Lipinski definition) is 2. The van der Waals surface area contributed by atoms with Gasteiger partial charge in [-0.3, -0.25) is 4.79 Å². The van der Waals surface area contributed by atoms with Gasteiger partial charge in [-0.1, -0.05) is 54.1 Å². The number of pyridine rings is 1. The van der Waals surface area contributed by atoms with Gasteiger partial charge < -0.3 is 5.32 Å². The molecule has 2 aromatic carbocycles. The smallest absolute Gasteiger partial charge is 0.270 e. The van der Waals surface area contributed by atoms with E-state index in [1.54, 1.807) is 6.07 Å². The van der Waals surface area contributed by atoms with Crippen molar-refractivity contribution in [1.82, 2.24) is 10.3 Å². The van der Waals surface area contributed by atoms with Crippen LogP contribution in [0.3, 0.4) is 0 Å². The molecule has 0 atom stereocenters. The van der Waals surface area contributed by atoms with Crippen LogP contribution in [0.15, 0.2) is 60.7 Å². The fraction of sp³-hybridized carbons (Fsp3) is 0.111. The highest BCUT2D eigenvalue weighted by molar-refractivity contribution is 5.94. The van der Waals surface area contributed by atoms with Crippen molar-refractivity contribution in [1.29, 1.82) is 0 Å². The molecule has 3 rings (SSSR count). The van der Waals surface area contributed by atoms with Crippen LogP contribution in [0.4, 0.5) is 0 Å². The van der Waals surface area contributed by atoms with Crippen LogP contribution in [-0.2, 0) is 6.54 Å². The summed E-state index contributed by atoms with van der Waals surface area (Å²) in [4.78, 5) is 16.5. The molecule has 21 heavy (non-hydrogen) atoms. The quantitative estimate of drug-likeness (QED) is 0.796. The van der Waals surface area contributed by atoms with E-state index in [9.17, 15) is 4.79 Å². The molecule has 3 heteroatoms. The summed E-state index contributed by atoms with van der Waals surface area (Å²) >= 11 is 0. The number of benzene rings is 2. The number of fused-ring (bicyclic) bond motifs is 1. The van der Waals surface area contributed by atoms with Crippen molar-refractivity contribution in [3.63, 3.8) is 0 Å². The van der Waals surface area contributed by atoms with E-state index in [1.165, 1.54) is 5.56 Å². The van der Waals surface area contributed by atoms with Crippen molar-refractivity contribution in [2.24, 2.45) is 0 Å². The fourth-order valence-corrected chi connectivity index (χ4v) is 2.17. The van der Waals surface area contributed by atoms with E-state index >= 15 is 0 Å². The monoisotopic (exact) mass is 276 g/mol. The Kier molecular flexibility index (Phi) is 3.65. The minimum absolute atomic E-state index is 0.152. The topological polar surface area (TPSA) is 42.0 Å². The van der Waals surface area contributed by atoms with Gasteiger partial charge in [0, 0.05) is 11.9 Å². The normalized spacial score (nSPS) is 10.5. The lowest BCUT2D eigenvalue weighted by molar-refractivity contribution is 0.0946.